The van der Waals surface area contributed by atoms with Gasteiger partial charge in [-0.05, 0) is 49.3 Å². The van der Waals surface area contributed by atoms with Crippen LogP contribution in [0.15, 0.2) is 0 Å². The van der Waals surface area contributed by atoms with E-state index >= 15 is 0 Å². The topological polar surface area (TPSA) is 18.5 Å². The molecule has 1 saturated heterocycles. The average Bonchev–Trinajstić information content (AvgIpc) is 2.51. The van der Waals surface area contributed by atoms with Crippen LogP contribution in [0.25, 0.3) is 0 Å². The van der Waals surface area contributed by atoms with Gasteiger partial charge in [-0.1, -0.05) is 27.7 Å². The van der Waals surface area contributed by atoms with E-state index in [0.717, 1.165) is 12.2 Å². The summed E-state index contributed by atoms with van der Waals surface area (Å²) in [7, 11) is 0.0418. The van der Waals surface area contributed by atoms with E-state index in [1.807, 2.05) is 0 Å². The molecule has 4 aliphatic rings. The Bertz CT molecular complexity index is 328. The molecule has 0 radical (unpaired) electrons. The number of rotatable bonds is 2. The van der Waals surface area contributed by atoms with E-state index in [9.17, 15) is 0 Å². The molecule has 1 unspecified atom stereocenters. The van der Waals surface area contributed by atoms with Crippen molar-refractivity contribution < 1.29 is 9.31 Å². The lowest BCUT2D eigenvalue weighted by Crippen LogP contribution is -2.65. The molecule has 1 aliphatic heterocycles. The molecule has 3 aliphatic carbocycles. The maximum absolute atomic E-state index is 6.33. The molecule has 96 valence electrons. The lowest BCUT2D eigenvalue weighted by Gasteiger charge is -2.64. The first-order valence-corrected chi connectivity index (χ1v) is 7.17. The van der Waals surface area contributed by atoms with Crippen LogP contribution in [-0.2, 0) is 9.31 Å². The van der Waals surface area contributed by atoms with Crippen molar-refractivity contribution in [1.29, 1.82) is 0 Å². The monoisotopic (exact) mass is 236 g/mol. The Balaban J connectivity index is 1.78. The van der Waals surface area contributed by atoms with Crippen LogP contribution in [0, 0.1) is 23.2 Å². The molecule has 2 nitrogen and oxygen atoms in total. The molecule has 0 spiro atoms. The molecule has 4 rings (SSSR count). The van der Waals surface area contributed by atoms with Crippen LogP contribution >= 0.6 is 0 Å². The van der Waals surface area contributed by atoms with E-state index < -0.39 is 0 Å². The molecular formula is C14H25BO2. The van der Waals surface area contributed by atoms with Crippen LogP contribution in [0.2, 0.25) is 6.32 Å². The zero-order valence-electron chi connectivity index (χ0n) is 11.8. The third kappa shape index (κ3) is 1.54. The van der Waals surface area contributed by atoms with Gasteiger partial charge in [0.1, 0.15) is 0 Å². The summed E-state index contributed by atoms with van der Waals surface area (Å²) >= 11 is 0. The molecular weight excluding hydrogens is 211 g/mol. The molecule has 0 aromatic carbocycles. The van der Waals surface area contributed by atoms with Gasteiger partial charge in [0.25, 0.3) is 0 Å². The van der Waals surface area contributed by atoms with Gasteiger partial charge in [0, 0.05) is 0 Å². The zero-order valence-corrected chi connectivity index (χ0v) is 11.8. The van der Waals surface area contributed by atoms with Gasteiger partial charge in [0.05, 0.1) is 11.7 Å². The maximum atomic E-state index is 6.33. The Morgan fingerprint density at radius 2 is 1.94 bits per heavy atom. The Morgan fingerprint density at radius 1 is 1.24 bits per heavy atom. The van der Waals surface area contributed by atoms with Crippen molar-refractivity contribution in [2.75, 3.05) is 0 Å². The van der Waals surface area contributed by atoms with Crippen LogP contribution in [0.3, 0.4) is 0 Å². The minimum absolute atomic E-state index is 0.0161. The van der Waals surface area contributed by atoms with E-state index in [2.05, 4.69) is 34.6 Å². The molecule has 0 N–H and O–H groups in total. The third-order valence-electron chi connectivity index (χ3n) is 5.67. The van der Waals surface area contributed by atoms with Crippen LogP contribution in [0.5, 0.6) is 0 Å². The number of hydrogen-bond donors (Lipinski definition) is 0. The molecule has 4 atom stereocenters. The fraction of sp³-hybridized carbons (Fsp3) is 1.00. The summed E-state index contributed by atoms with van der Waals surface area (Å²) in [6.07, 6.45) is 3.93. The third-order valence-corrected chi connectivity index (χ3v) is 5.67. The smallest absolute Gasteiger partial charge is 0.405 e. The predicted molar refractivity (Wildman–Crippen MR) is 69.8 cm³/mol. The van der Waals surface area contributed by atoms with Gasteiger partial charge in [-0.3, -0.25) is 0 Å². The quantitative estimate of drug-likeness (QED) is 0.684. The average molecular weight is 236 g/mol. The lowest BCUT2D eigenvalue weighted by atomic mass is 9.43. The highest BCUT2D eigenvalue weighted by atomic mass is 16.7. The van der Waals surface area contributed by atoms with Crippen molar-refractivity contribution in [3.05, 3.63) is 0 Å². The van der Waals surface area contributed by atoms with E-state index in [1.165, 1.54) is 12.8 Å². The second kappa shape index (κ2) is 3.51. The Kier molecular flexibility index (Phi) is 2.49. The SMILES string of the molecule is CC(C)CB1O[C@@H]2CC3C[C@H](C3(C)C)[C@]2(C)O1. The fourth-order valence-electron chi connectivity index (χ4n) is 4.44. The van der Waals surface area contributed by atoms with Crippen LogP contribution in [0.4, 0.5) is 0 Å². The van der Waals surface area contributed by atoms with Crippen molar-refractivity contribution in [2.45, 2.75) is 65.5 Å². The normalized spacial score (nSPS) is 46.9. The molecule has 3 saturated carbocycles. The largest absolute Gasteiger partial charge is 0.457 e. The van der Waals surface area contributed by atoms with Crippen LogP contribution in [-0.4, -0.2) is 18.8 Å². The Hall–Kier alpha value is -0.0151. The molecule has 2 bridgehead atoms. The summed E-state index contributed by atoms with van der Waals surface area (Å²) in [5, 5.41) is 0. The number of hydrogen-bond acceptors (Lipinski definition) is 2. The van der Waals surface area contributed by atoms with Crippen molar-refractivity contribution in [3.8, 4) is 0 Å². The first-order valence-electron chi connectivity index (χ1n) is 7.17. The molecule has 4 fully saturated rings. The van der Waals surface area contributed by atoms with Gasteiger partial charge in [-0.2, -0.15) is 0 Å². The second-order valence-electron chi connectivity index (χ2n) is 7.53. The van der Waals surface area contributed by atoms with E-state index in [-0.39, 0.29) is 12.7 Å². The molecule has 0 aromatic rings. The van der Waals surface area contributed by atoms with Gasteiger partial charge < -0.3 is 9.31 Å². The van der Waals surface area contributed by atoms with Crippen LogP contribution < -0.4 is 0 Å². The molecule has 0 amide bonds. The first kappa shape index (κ1) is 12.0. The second-order valence-corrected chi connectivity index (χ2v) is 7.53. The van der Waals surface area contributed by atoms with Crippen molar-refractivity contribution in [2.24, 2.45) is 23.2 Å². The summed E-state index contributed by atoms with van der Waals surface area (Å²) in [6, 6.07) is 0. The highest BCUT2D eigenvalue weighted by Gasteiger charge is 2.67. The lowest BCUT2D eigenvalue weighted by molar-refractivity contribution is -0.199. The maximum Gasteiger partial charge on any atom is 0.457 e. The summed E-state index contributed by atoms with van der Waals surface area (Å²) in [4.78, 5) is 0. The summed E-state index contributed by atoms with van der Waals surface area (Å²) < 4.78 is 12.5. The van der Waals surface area contributed by atoms with E-state index in [4.69, 9.17) is 9.31 Å². The Labute approximate surface area is 106 Å². The van der Waals surface area contributed by atoms with Gasteiger partial charge in [-0.25, -0.2) is 0 Å². The van der Waals surface area contributed by atoms with Gasteiger partial charge in [-0.15, -0.1) is 0 Å². The standard InChI is InChI=1S/C14H25BO2/c1-9(2)8-15-16-12-7-10-6-11(13(10,3)4)14(12,5)17-15/h9-12H,6-8H2,1-5H3/t10?,11-,12-,14+/m1/s1. The zero-order chi connectivity index (χ0) is 12.4. The molecule has 3 heteroatoms. The van der Waals surface area contributed by atoms with Crippen molar-refractivity contribution >= 4 is 7.12 Å². The van der Waals surface area contributed by atoms with E-state index in [1.54, 1.807) is 0 Å². The van der Waals surface area contributed by atoms with Crippen molar-refractivity contribution in [3.63, 3.8) is 0 Å². The molecule has 0 aromatic heterocycles. The summed E-state index contributed by atoms with van der Waals surface area (Å²) in [6.45, 7) is 11.6. The van der Waals surface area contributed by atoms with Crippen molar-refractivity contribution in [1.82, 2.24) is 0 Å². The van der Waals surface area contributed by atoms with Gasteiger partial charge in [0.15, 0.2) is 0 Å². The minimum Gasteiger partial charge on any atom is -0.405 e. The molecule has 17 heavy (non-hydrogen) atoms. The van der Waals surface area contributed by atoms with Crippen LogP contribution in [0.1, 0.15) is 47.5 Å². The fourth-order valence-corrected chi connectivity index (χ4v) is 4.44. The van der Waals surface area contributed by atoms with Gasteiger partial charge >= 0.3 is 7.12 Å². The summed E-state index contributed by atoms with van der Waals surface area (Å²) in [5.41, 5.74) is 0.444. The highest BCUT2D eigenvalue weighted by Crippen LogP contribution is 2.65. The van der Waals surface area contributed by atoms with Gasteiger partial charge in [0.2, 0.25) is 0 Å². The Morgan fingerprint density at radius 3 is 2.53 bits per heavy atom. The first-order chi connectivity index (χ1) is 7.84. The van der Waals surface area contributed by atoms with E-state index in [0.29, 0.717) is 23.4 Å². The molecule has 1 heterocycles. The minimum atomic E-state index is -0.0161. The summed E-state index contributed by atoms with van der Waals surface area (Å²) in [5.74, 6) is 2.19. The predicted octanol–water partition coefficient (Wildman–Crippen LogP) is 3.37. The highest BCUT2D eigenvalue weighted by molar-refractivity contribution is 6.45.